The van der Waals surface area contributed by atoms with Gasteiger partial charge in [0.1, 0.15) is 17.2 Å². The highest BCUT2D eigenvalue weighted by Gasteiger charge is 2.23. The Morgan fingerprint density at radius 3 is 2.78 bits per heavy atom. The third-order valence-electron chi connectivity index (χ3n) is 5.02. The SMILES string of the molecule is C=CCn1c(-c2cc(C)oc2C)cn2cc(C(=O)NC3CCC3)nc2c1=O. The molecule has 0 saturated heterocycles. The van der Waals surface area contributed by atoms with Crippen LogP contribution in [0.4, 0.5) is 0 Å². The van der Waals surface area contributed by atoms with E-state index in [1.54, 1.807) is 21.2 Å². The number of furan rings is 1. The molecule has 1 saturated carbocycles. The molecule has 1 N–H and O–H groups in total. The smallest absolute Gasteiger partial charge is 0.295 e. The average molecular weight is 366 g/mol. The first-order valence-corrected chi connectivity index (χ1v) is 9.09. The van der Waals surface area contributed by atoms with E-state index >= 15 is 0 Å². The first kappa shape index (κ1) is 17.3. The van der Waals surface area contributed by atoms with Crippen molar-refractivity contribution in [2.45, 2.75) is 45.7 Å². The van der Waals surface area contributed by atoms with Crippen LogP contribution in [-0.2, 0) is 6.54 Å². The predicted octanol–water partition coefficient (Wildman–Crippen LogP) is 2.84. The summed E-state index contributed by atoms with van der Waals surface area (Å²) >= 11 is 0. The van der Waals surface area contributed by atoms with E-state index in [0.717, 1.165) is 36.3 Å². The Morgan fingerprint density at radius 1 is 1.41 bits per heavy atom. The van der Waals surface area contributed by atoms with Crippen molar-refractivity contribution in [3.05, 3.63) is 58.7 Å². The summed E-state index contributed by atoms with van der Waals surface area (Å²) in [5.41, 5.74) is 1.74. The fourth-order valence-electron chi connectivity index (χ4n) is 3.41. The van der Waals surface area contributed by atoms with Crippen LogP contribution in [0.1, 0.15) is 41.3 Å². The van der Waals surface area contributed by atoms with Crippen molar-refractivity contribution in [1.29, 1.82) is 0 Å². The highest BCUT2D eigenvalue weighted by molar-refractivity contribution is 5.93. The summed E-state index contributed by atoms with van der Waals surface area (Å²) in [7, 11) is 0. The normalized spacial score (nSPS) is 14.3. The standard InChI is InChI=1S/C20H22N4O3/c1-4-8-24-17(15-9-12(2)27-13(15)3)11-23-10-16(22-18(23)20(24)26)19(25)21-14-6-5-7-14/h4,9-11,14H,1,5-8H2,2-3H3,(H,21,25). The topological polar surface area (TPSA) is 81.5 Å². The van der Waals surface area contributed by atoms with Crippen molar-refractivity contribution in [2.75, 3.05) is 0 Å². The second-order valence-electron chi connectivity index (χ2n) is 7.00. The third-order valence-corrected chi connectivity index (χ3v) is 5.02. The maximum atomic E-state index is 13.0. The number of carbonyl (C=O) groups excluding carboxylic acids is 1. The number of rotatable bonds is 5. The lowest BCUT2D eigenvalue weighted by molar-refractivity contribution is 0.0912. The molecule has 7 nitrogen and oxygen atoms in total. The van der Waals surface area contributed by atoms with E-state index in [9.17, 15) is 9.59 Å². The molecular formula is C20H22N4O3. The molecule has 140 valence electrons. The zero-order valence-electron chi connectivity index (χ0n) is 15.5. The second kappa shape index (κ2) is 6.57. The molecule has 1 amide bonds. The van der Waals surface area contributed by atoms with E-state index in [1.165, 1.54) is 0 Å². The van der Waals surface area contributed by atoms with Crippen LogP contribution in [0.25, 0.3) is 16.9 Å². The van der Waals surface area contributed by atoms with Gasteiger partial charge in [-0.3, -0.25) is 18.6 Å². The average Bonchev–Trinajstić information content (AvgIpc) is 3.16. The molecule has 7 heteroatoms. The molecule has 3 aromatic rings. The molecule has 1 aliphatic rings. The summed E-state index contributed by atoms with van der Waals surface area (Å²) in [6.45, 7) is 7.81. The van der Waals surface area contributed by atoms with E-state index < -0.39 is 0 Å². The van der Waals surface area contributed by atoms with Gasteiger partial charge in [-0.2, -0.15) is 0 Å². The maximum absolute atomic E-state index is 13.0. The van der Waals surface area contributed by atoms with Crippen molar-refractivity contribution < 1.29 is 9.21 Å². The molecule has 0 bridgehead atoms. The summed E-state index contributed by atoms with van der Waals surface area (Å²) in [4.78, 5) is 29.7. The van der Waals surface area contributed by atoms with Crippen LogP contribution in [0.15, 0.2) is 40.3 Å². The van der Waals surface area contributed by atoms with Gasteiger partial charge in [-0.05, 0) is 39.2 Å². The molecule has 1 fully saturated rings. The van der Waals surface area contributed by atoms with Gasteiger partial charge >= 0.3 is 0 Å². The number of hydrogen-bond donors (Lipinski definition) is 1. The Hall–Kier alpha value is -3.09. The molecule has 4 rings (SSSR count). The molecule has 0 spiro atoms. The second-order valence-corrected chi connectivity index (χ2v) is 7.00. The lowest BCUT2D eigenvalue weighted by Gasteiger charge is -2.25. The van der Waals surface area contributed by atoms with E-state index in [1.807, 2.05) is 26.1 Å². The Balaban J connectivity index is 1.84. The van der Waals surface area contributed by atoms with Gasteiger partial charge < -0.3 is 9.73 Å². The van der Waals surface area contributed by atoms with Crippen LogP contribution in [0.2, 0.25) is 0 Å². The minimum absolute atomic E-state index is 0.215. The molecule has 3 aromatic heterocycles. The zero-order valence-corrected chi connectivity index (χ0v) is 15.5. The third kappa shape index (κ3) is 2.99. The number of carbonyl (C=O) groups is 1. The summed E-state index contributed by atoms with van der Waals surface area (Å²) in [6, 6.07) is 2.11. The summed E-state index contributed by atoms with van der Waals surface area (Å²) < 4.78 is 8.85. The van der Waals surface area contributed by atoms with Gasteiger partial charge in [-0.25, -0.2) is 4.98 Å². The lowest BCUT2D eigenvalue weighted by atomic mass is 9.93. The van der Waals surface area contributed by atoms with Gasteiger partial charge in [0, 0.05) is 30.5 Å². The molecule has 0 atom stereocenters. The van der Waals surface area contributed by atoms with Crippen LogP contribution in [0, 0.1) is 13.8 Å². The quantitative estimate of drug-likeness (QED) is 0.704. The van der Waals surface area contributed by atoms with Crippen molar-refractivity contribution in [2.24, 2.45) is 0 Å². The summed E-state index contributed by atoms with van der Waals surface area (Å²) in [5.74, 6) is 1.26. The number of aryl methyl sites for hydroxylation is 2. The lowest BCUT2D eigenvalue weighted by Crippen LogP contribution is -2.39. The first-order chi connectivity index (χ1) is 13.0. The number of imidazole rings is 1. The van der Waals surface area contributed by atoms with Crippen LogP contribution in [0.3, 0.4) is 0 Å². The predicted molar refractivity (Wildman–Crippen MR) is 102 cm³/mol. The largest absolute Gasteiger partial charge is 0.466 e. The van der Waals surface area contributed by atoms with Crippen molar-refractivity contribution >= 4 is 11.6 Å². The molecule has 0 radical (unpaired) electrons. The summed E-state index contributed by atoms with van der Waals surface area (Å²) in [5, 5.41) is 2.96. The van der Waals surface area contributed by atoms with E-state index in [0.29, 0.717) is 12.2 Å². The molecular weight excluding hydrogens is 344 g/mol. The van der Waals surface area contributed by atoms with Crippen LogP contribution < -0.4 is 10.9 Å². The fraction of sp³-hybridized carbons (Fsp3) is 0.350. The Kier molecular flexibility index (Phi) is 4.22. The minimum atomic E-state index is -0.270. The highest BCUT2D eigenvalue weighted by Crippen LogP contribution is 2.26. The number of fused-ring (bicyclic) bond motifs is 1. The number of nitrogens with zero attached hydrogens (tertiary/aromatic N) is 3. The van der Waals surface area contributed by atoms with Crippen LogP contribution in [0.5, 0.6) is 0 Å². The molecule has 27 heavy (non-hydrogen) atoms. The maximum Gasteiger partial charge on any atom is 0.295 e. The number of nitrogens with one attached hydrogen (secondary N) is 1. The first-order valence-electron chi connectivity index (χ1n) is 9.09. The fourth-order valence-corrected chi connectivity index (χ4v) is 3.41. The number of aromatic nitrogens is 3. The Bertz CT molecular complexity index is 1100. The van der Waals surface area contributed by atoms with Gasteiger partial charge in [-0.15, -0.1) is 6.58 Å². The number of hydrogen-bond acceptors (Lipinski definition) is 4. The van der Waals surface area contributed by atoms with E-state index in [-0.39, 0.29) is 28.8 Å². The van der Waals surface area contributed by atoms with E-state index in [4.69, 9.17) is 4.42 Å². The van der Waals surface area contributed by atoms with Gasteiger partial charge in [0.15, 0.2) is 0 Å². The molecule has 3 heterocycles. The Morgan fingerprint density at radius 2 is 2.19 bits per heavy atom. The van der Waals surface area contributed by atoms with E-state index in [2.05, 4.69) is 16.9 Å². The van der Waals surface area contributed by atoms with Crippen molar-refractivity contribution in [3.8, 4) is 11.3 Å². The van der Waals surface area contributed by atoms with Gasteiger partial charge in [-0.1, -0.05) is 6.08 Å². The number of amides is 1. The van der Waals surface area contributed by atoms with Crippen molar-refractivity contribution in [3.63, 3.8) is 0 Å². The van der Waals surface area contributed by atoms with Crippen LogP contribution >= 0.6 is 0 Å². The monoisotopic (exact) mass is 366 g/mol. The summed E-state index contributed by atoms with van der Waals surface area (Å²) in [6.07, 6.45) is 8.20. The molecule has 0 unspecified atom stereocenters. The molecule has 0 aromatic carbocycles. The minimum Gasteiger partial charge on any atom is -0.466 e. The van der Waals surface area contributed by atoms with Crippen LogP contribution in [-0.4, -0.2) is 25.9 Å². The van der Waals surface area contributed by atoms with Gasteiger partial charge in [0.05, 0.1) is 5.69 Å². The Labute approximate surface area is 156 Å². The zero-order chi connectivity index (χ0) is 19.1. The van der Waals surface area contributed by atoms with Crippen molar-refractivity contribution in [1.82, 2.24) is 19.3 Å². The highest BCUT2D eigenvalue weighted by atomic mass is 16.3. The van der Waals surface area contributed by atoms with Gasteiger partial charge in [0.25, 0.3) is 11.5 Å². The molecule has 0 aliphatic heterocycles. The number of allylic oxidation sites excluding steroid dienone is 1. The van der Waals surface area contributed by atoms with Gasteiger partial charge in [0.2, 0.25) is 5.65 Å². The molecule has 1 aliphatic carbocycles.